The van der Waals surface area contributed by atoms with Gasteiger partial charge in [-0.05, 0) is 61.2 Å². The van der Waals surface area contributed by atoms with Gasteiger partial charge in [0, 0.05) is 16.3 Å². The van der Waals surface area contributed by atoms with Crippen LogP contribution in [-0.4, -0.2) is 12.0 Å². The molecule has 0 unspecified atom stereocenters. The zero-order chi connectivity index (χ0) is 20.6. The highest BCUT2D eigenvalue weighted by Crippen LogP contribution is 2.25. The maximum Gasteiger partial charge on any atom is 0.265 e. The third-order valence-electron chi connectivity index (χ3n) is 4.72. The van der Waals surface area contributed by atoms with Crippen LogP contribution in [0.25, 0.3) is 0 Å². The molecule has 1 N–H and O–H groups in total. The van der Waals surface area contributed by atoms with Gasteiger partial charge in [-0.15, -0.1) is 11.8 Å². The summed E-state index contributed by atoms with van der Waals surface area (Å²) in [6, 6.07) is 24.3. The predicted molar refractivity (Wildman–Crippen MR) is 122 cm³/mol. The quantitative estimate of drug-likeness (QED) is 0.441. The number of rotatable bonds is 8. The Bertz CT molecular complexity index is 956. The molecule has 0 aliphatic carbocycles. The van der Waals surface area contributed by atoms with Gasteiger partial charge in [0.1, 0.15) is 5.75 Å². The number of carbonyl (C=O) groups excluding carboxylic acids is 1. The third-order valence-corrected chi connectivity index (χ3v) is 5.81. The van der Waals surface area contributed by atoms with Gasteiger partial charge in [-0.3, -0.25) is 4.79 Å². The van der Waals surface area contributed by atoms with Gasteiger partial charge in [0.25, 0.3) is 5.91 Å². The number of nitrogens with one attached hydrogen (secondary N) is 1. The van der Waals surface area contributed by atoms with Crippen molar-refractivity contribution in [1.82, 2.24) is 0 Å². The zero-order valence-electron chi connectivity index (χ0n) is 17.1. The smallest absolute Gasteiger partial charge is 0.265 e. The van der Waals surface area contributed by atoms with Crippen LogP contribution in [0.5, 0.6) is 5.75 Å². The standard InChI is InChI=1S/C25H27NO2S/c1-4-23(28-24-13-9-8-10-18(24)2)25(27)26-22-15-14-20(16-19(22)3)17-29-21-11-6-5-7-12-21/h5-16,23H,4,17H2,1-3H3,(H,26,27)/t23-/m0/s1. The highest BCUT2D eigenvalue weighted by Gasteiger charge is 2.20. The van der Waals surface area contributed by atoms with Crippen LogP contribution in [0.15, 0.2) is 77.7 Å². The van der Waals surface area contributed by atoms with E-state index in [0.29, 0.717) is 6.42 Å². The lowest BCUT2D eigenvalue weighted by Gasteiger charge is -2.19. The number of anilines is 1. The molecule has 1 atom stereocenters. The minimum atomic E-state index is -0.524. The molecule has 150 valence electrons. The molecule has 0 spiro atoms. The normalized spacial score (nSPS) is 11.7. The van der Waals surface area contributed by atoms with Gasteiger partial charge in [-0.25, -0.2) is 0 Å². The van der Waals surface area contributed by atoms with E-state index in [1.807, 2.05) is 57.2 Å². The SMILES string of the molecule is CC[C@H](Oc1ccccc1C)C(=O)Nc1ccc(CSc2ccccc2)cc1C. The molecular formula is C25H27NO2S. The van der Waals surface area contributed by atoms with E-state index < -0.39 is 6.10 Å². The van der Waals surface area contributed by atoms with E-state index in [0.717, 1.165) is 28.3 Å². The Morgan fingerprint density at radius 2 is 1.69 bits per heavy atom. The van der Waals surface area contributed by atoms with E-state index >= 15 is 0 Å². The zero-order valence-corrected chi connectivity index (χ0v) is 18.0. The Morgan fingerprint density at radius 3 is 2.38 bits per heavy atom. The van der Waals surface area contributed by atoms with Gasteiger partial charge in [0.15, 0.2) is 6.10 Å². The summed E-state index contributed by atoms with van der Waals surface area (Å²) in [5.74, 6) is 1.53. The minimum absolute atomic E-state index is 0.120. The van der Waals surface area contributed by atoms with Crippen molar-refractivity contribution in [2.45, 2.75) is 43.9 Å². The van der Waals surface area contributed by atoms with Gasteiger partial charge < -0.3 is 10.1 Å². The van der Waals surface area contributed by atoms with E-state index in [1.54, 1.807) is 11.8 Å². The lowest BCUT2D eigenvalue weighted by atomic mass is 10.1. The molecule has 1 amide bonds. The fourth-order valence-corrected chi connectivity index (χ4v) is 3.88. The van der Waals surface area contributed by atoms with Crippen LogP contribution < -0.4 is 10.1 Å². The molecule has 3 nitrogen and oxygen atoms in total. The fraction of sp³-hybridized carbons (Fsp3) is 0.240. The van der Waals surface area contributed by atoms with Crippen LogP contribution in [-0.2, 0) is 10.5 Å². The van der Waals surface area contributed by atoms with Gasteiger partial charge in [0.05, 0.1) is 0 Å². The molecule has 4 heteroatoms. The Hall–Kier alpha value is -2.72. The van der Waals surface area contributed by atoms with Crippen LogP contribution in [0.3, 0.4) is 0 Å². The lowest BCUT2D eigenvalue weighted by molar-refractivity contribution is -0.122. The molecule has 0 heterocycles. The molecule has 0 aliphatic heterocycles. The van der Waals surface area contributed by atoms with Crippen LogP contribution in [0.4, 0.5) is 5.69 Å². The van der Waals surface area contributed by atoms with Gasteiger partial charge in [0.2, 0.25) is 0 Å². The summed E-state index contributed by atoms with van der Waals surface area (Å²) in [5, 5.41) is 3.03. The van der Waals surface area contributed by atoms with Crippen molar-refractivity contribution in [3.05, 3.63) is 89.5 Å². The molecule has 0 saturated carbocycles. The second kappa shape index (κ2) is 10.2. The number of hydrogen-bond acceptors (Lipinski definition) is 3. The van der Waals surface area contributed by atoms with Crippen molar-refractivity contribution in [1.29, 1.82) is 0 Å². The summed E-state index contributed by atoms with van der Waals surface area (Å²) >= 11 is 1.81. The molecule has 0 radical (unpaired) electrons. The highest BCUT2D eigenvalue weighted by molar-refractivity contribution is 7.98. The number of carbonyl (C=O) groups is 1. The minimum Gasteiger partial charge on any atom is -0.480 e. The molecular weight excluding hydrogens is 378 g/mol. The van der Waals surface area contributed by atoms with E-state index in [2.05, 4.69) is 41.7 Å². The number of para-hydroxylation sites is 1. The first-order valence-electron chi connectivity index (χ1n) is 9.87. The number of aryl methyl sites for hydroxylation is 2. The Kier molecular flexibility index (Phi) is 7.36. The molecule has 3 rings (SSSR count). The number of amides is 1. The van der Waals surface area contributed by atoms with Crippen LogP contribution >= 0.6 is 11.8 Å². The number of ether oxygens (including phenoxy) is 1. The average Bonchev–Trinajstić information content (AvgIpc) is 2.74. The molecule has 3 aromatic rings. The Labute approximate surface area is 177 Å². The van der Waals surface area contributed by atoms with Crippen LogP contribution in [0.2, 0.25) is 0 Å². The number of thioether (sulfide) groups is 1. The fourth-order valence-electron chi connectivity index (χ4n) is 3.02. The second-order valence-electron chi connectivity index (χ2n) is 7.02. The Morgan fingerprint density at radius 1 is 0.966 bits per heavy atom. The topological polar surface area (TPSA) is 38.3 Å². The van der Waals surface area contributed by atoms with Crippen molar-refractivity contribution in [2.24, 2.45) is 0 Å². The summed E-state index contributed by atoms with van der Waals surface area (Å²) in [6.07, 6.45) is 0.0779. The van der Waals surface area contributed by atoms with E-state index in [4.69, 9.17) is 4.74 Å². The number of hydrogen-bond donors (Lipinski definition) is 1. The molecule has 3 aromatic carbocycles. The molecule has 0 aromatic heterocycles. The first-order valence-corrected chi connectivity index (χ1v) is 10.9. The largest absolute Gasteiger partial charge is 0.480 e. The summed E-state index contributed by atoms with van der Waals surface area (Å²) in [4.78, 5) is 14.0. The predicted octanol–water partition coefficient (Wildman–Crippen LogP) is 6.39. The third kappa shape index (κ3) is 5.88. The number of benzene rings is 3. The maximum atomic E-state index is 12.8. The molecule has 0 fully saturated rings. The Balaban J connectivity index is 1.62. The van der Waals surface area contributed by atoms with Crippen molar-refractivity contribution in [3.63, 3.8) is 0 Å². The highest BCUT2D eigenvalue weighted by atomic mass is 32.2. The van der Waals surface area contributed by atoms with Crippen LogP contribution in [0, 0.1) is 13.8 Å². The lowest BCUT2D eigenvalue weighted by Crippen LogP contribution is -2.32. The molecule has 29 heavy (non-hydrogen) atoms. The summed E-state index contributed by atoms with van der Waals surface area (Å²) < 4.78 is 5.96. The summed E-state index contributed by atoms with van der Waals surface area (Å²) in [6.45, 7) is 5.96. The van der Waals surface area contributed by atoms with Crippen molar-refractivity contribution in [2.75, 3.05) is 5.32 Å². The monoisotopic (exact) mass is 405 g/mol. The van der Waals surface area contributed by atoms with Crippen molar-refractivity contribution < 1.29 is 9.53 Å². The first kappa shape index (κ1) is 21.0. The van der Waals surface area contributed by atoms with E-state index in [-0.39, 0.29) is 5.91 Å². The van der Waals surface area contributed by atoms with Gasteiger partial charge in [-0.2, -0.15) is 0 Å². The van der Waals surface area contributed by atoms with E-state index in [1.165, 1.54) is 10.5 Å². The van der Waals surface area contributed by atoms with E-state index in [9.17, 15) is 4.79 Å². The first-order chi connectivity index (χ1) is 14.1. The summed E-state index contributed by atoms with van der Waals surface area (Å²) in [7, 11) is 0. The molecule has 0 aliphatic rings. The second-order valence-corrected chi connectivity index (χ2v) is 8.07. The van der Waals surface area contributed by atoms with Crippen LogP contribution in [0.1, 0.15) is 30.0 Å². The average molecular weight is 406 g/mol. The summed E-state index contributed by atoms with van der Waals surface area (Å²) in [5.41, 5.74) is 4.14. The van der Waals surface area contributed by atoms with Crippen molar-refractivity contribution in [3.8, 4) is 5.75 Å². The van der Waals surface area contributed by atoms with Crippen molar-refractivity contribution >= 4 is 23.4 Å². The molecule has 0 bridgehead atoms. The van der Waals surface area contributed by atoms with Gasteiger partial charge >= 0.3 is 0 Å². The van der Waals surface area contributed by atoms with Gasteiger partial charge in [-0.1, -0.05) is 55.5 Å². The maximum absolute atomic E-state index is 12.8. The molecule has 0 saturated heterocycles.